The maximum Gasteiger partial charge on any atom is 0.169 e. The summed E-state index contributed by atoms with van der Waals surface area (Å²) in [5.74, 6) is 0. The van der Waals surface area contributed by atoms with E-state index >= 15 is 0 Å². The first kappa shape index (κ1) is 20.4. The standard InChI is InChI=1S/C24H32BrNSi/c1-16(2)27(17(3)4,18(5)6)26-15-22(25)24-21(13-10-14-23(24)26)20-12-9-8-11-19(20)7/h8-18H,1-7H3. The molecule has 0 unspecified atom stereocenters. The van der Waals surface area contributed by atoms with E-state index < -0.39 is 8.24 Å². The zero-order valence-electron chi connectivity index (χ0n) is 17.7. The number of halogens is 1. The largest absolute Gasteiger partial charge is 0.372 e. The summed E-state index contributed by atoms with van der Waals surface area (Å²) >= 11 is 3.93. The number of fused-ring (bicyclic) bond motifs is 1. The van der Waals surface area contributed by atoms with Crippen molar-refractivity contribution in [2.75, 3.05) is 0 Å². The van der Waals surface area contributed by atoms with E-state index in [1.165, 1.54) is 32.1 Å². The average molecular weight is 443 g/mol. The third kappa shape index (κ3) is 3.13. The van der Waals surface area contributed by atoms with Crippen LogP contribution in [-0.2, 0) is 0 Å². The van der Waals surface area contributed by atoms with Gasteiger partial charge in [0.25, 0.3) is 0 Å². The molecule has 0 fully saturated rings. The van der Waals surface area contributed by atoms with E-state index in [-0.39, 0.29) is 0 Å². The van der Waals surface area contributed by atoms with Gasteiger partial charge in [-0.25, -0.2) is 0 Å². The monoisotopic (exact) mass is 441 g/mol. The number of benzene rings is 2. The van der Waals surface area contributed by atoms with Crippen molar-refractivity contribution in [3.05, 3.63) is 58.7 Å². The van der Waals surface area contributed by atoms with Gasteiger partial charge in [0.1, 0.15) is 0 Å². The summed E-state index contributed by atoms with van der Waals surface area (Å²) in [6.07, 6.45) is 2.39. The van der Waals surface area contributed by atoms with Crippen LogP contribution in [0.1, 0.15) is 47.1 Å². The van der Waals surface area contributed by atoms with Gasteiger partial charge in [0.2, 0.25) is 0 Å². The molecule has 0 saturated carbocycles. The van der Waals surface area contributed by atoms with Crippen LogP contribution in [0.3, 0.4) is 0 Å². The first-order chi connectivity index (χ1) is 12.7. The highest BCUT2D eigenvalue weighted by Crippen LogP contribution is 2.47. The van der Waals surface area contributed by atoms with Crippen LogP contribution in [0, 0.1) is 6.92 Å². The quantitative estimate of drug-likeness (QED) is 0.350. The van der Waals surface area contributed by atoms with Crippen LogP contribution < -0.4 is 0 Å². The van der Waals surface area contributed by atoms with Gasteiger partial charge in [-0.15, -0.1) is 0 Å². The van der Waals surface area contributed by atoms with Gasteiger partial charge in [0.15, 0.2) is 8.24 Å². The molecule has 0 saturated heterocycles. The van der Waals surface area contributed by atoms with E-state index in [0.29, 0.717) is 16.6 Å². The first-order valence-corrected chi connectivity index (χ1v) is 13.1. The molecular weight excluding hydrogens is 410 g/mol. The normalized spacial score (nSPS) is 12.7. The Morgan fingerprint density at radius 2 is 1.33 bits per heavy atom. The molecular formula is C24H32BrNSi. The Morgan fingerprint density at radius 1 is 0.778 bits per heavy atom. The van der Waals surface area contributed by atoms with Crippen molar-refractivity contribution in [1.82, 2.24) is 4.23 Å². The third-order valence-corrected chi connectivity index (χ3v) is 13.8. The Hall–Kier alpha value is -1.32. The van der Waals surface area contributed by atoms with Crippen LogP contribution in [0.2, 0.25) is 16.6 Å². The first-order valence-electron chi connectivity index (χ1n) is 10.1. The lowest BCUT2D eigenvalue weighted by molar-refractivity contribution is 0.772. The lowest BCUT2D eigenvalue weighted by Gasteiger charge is -2.44. The molecule has 0 spiro atoms. The molecule has 0 radical (unpaired) electrons. The van der Waals surface area contributed by atoms with Gasteiger partial charge in [-0.05, 0) is 62.2 Å². The summed E-state index contributed by atoms with van der Waals surface area (Å²) in [4.78, 5) is 0. The van der Waals surface area contributed by atoms with Gasteiger partial charge in [0.05, 0.1) is 0 Å². The van der Waals surface area contributed by atoms with E-state index in [2.05, 4.69) is 117 Å². The Labute approximate surface area is 174 Å². The molecule has 0 aliphatic carbocycles. The van der Waals surface area contributed by atoms with Crippen molar-refractivity contribution >= 4 is 35.1 Å². The second-order valence-electron chi connectivity index (χ2n) is 8.71. The summed E-state index contributed by atoms with van der Waals surface area (Å²) in [6.45, 7) is 16.8. The highest BCUT2D eigenvalue weighted by molar-refractivity contribution is 9.10. The molecule has 0 aliphatic rings. The number of hydrogen-bond donors (Lipinski definition) is 0. The van der Waals surface area contributed by atoms with E-state index in [4.69, 9.17) is 0 Å². The van der Waals surface area contributed by atoms with Crippen LogP contribution in [0.5, 0.6) is 0 Å². The molecule has 0 amide bonds. The summed E-state index contributed by atoms with van der Waals surface area (Å²) < 4.78 is 3.92. The Balaban J connectivity index is 2.39. The van der Waals surface area contributed by atoms with Gasteiger partial charge in [0, 0.05) is 21.6 Å². The minimum Gasteiger partial charge on any atom is -0.372 e. The van der Waals surface area contributed by atoms with E-state index in [9.17, 15) is 0 Å². The second kappa shape index (κ2) is 7.60. The van der Waals surface area contributed by atoms with Crippen LogP contribution in [0.4, 0.5) is 0 Å². The number of aromatic nitrogens is 1. The minimum absolute atomic E-state index is 0.669. The topological polar surface area (TPSA) is 4.93 Å². The molecule has 0 bridgehead atoms. The van der Waals surface area contributed by atoms with Crippen LogP contribution in [-0.4, -0.2) is 12.5 Å². The highest BCUT2D eigenvalue weighted by Gasteiger charge is 2.46. The summed E-state index contributed by atoms with van der Waals surface area (Å²) in [7, 11) is -1.80. The minimum atomic E-state index is -1.80. The molecule has 3 rings (SSSR count). The van der Waals surface area contributed by atoms with Crippen molar-refractivity contribution in [2.24, 2.45) is 0 Å². The van der Waals surface area contributed by atoms with E-state index in [1.807, 2.05) is 0 Å². The van der Waals surface area contributed by atoms with Gasteiger partial charge < -0.3 is 4.23 Å². The highest BCUT2D eigenvalue weighted by atomic mass is 79.9. The molecule has 3 heteroatoms. The van der Waals surface area contributed by atoms with Crippen molar-refractivity contribution in [1.29, 1.82) is 0 Å². The van der Waals surface area contributed by atoms with Crippen molar-refractivity contribution in [3.63, 3.8) is 0 Å². The van der Waals surface area contributed by atoms with E-state index in [0.717, 1.165) is 0 Å². The SMILES string of the molecule is Cc1ccccc1-c1cccc2c1c(Br)cn2[Si](C(C)C)(C(C)C)C(C)C. The van der Waals surface area contributed by atoms with Crippen LogP contribution in [0.15, 0.2) is 53.1 Å². The van der Waals surface area contributed by atoms with Crippen LogP contribution in [0.25, 0.3) is 22.0 Å². The zero-order valence-corrected chi connectivity index (χ0v) is 20.3. The molecule has 144 valence electrons. The average Bonchev–Trinajstić information content (AvgIpc) is 2.92. The van der Waals surface area contributed by atoms with Crippen molar-refractivity contribution in [2.45, 2.75) is 65.1 Å². The third-order valence-electron chi connectivity index (χ3n) is 6.41. The second-order valence-corrected chi connectivity index (χ2v) is 15.3. The maximum atomic E-state index is 3.93. The Kier molecular flexibility index (Phi) is 5.74. The van der Waals surface area contributed by atoms with E-state index in [1.54, 1.807) is 0 Å². The molecule has 1 aromatic heterocycles. The van der Waals surface area contributed by atoms with Crippen molar-refractivity contribution in [3.8, 4) is 11.1 Å². The summed E-state index contributed by atoms with van der Waals surface area (Å²) in [6, 6.07) is 15.5. The molecule has 0 aliphatic heterocycles. The molecule has 0 atom stereocenters. The molecule has 3 aromatic rings. The molecule has 1 heterocycles. The fourth-order valence-corrected chi connectivity index (χ4v) is 12.9. The van der Waals surface area contributed by atoms with Gasteiger partial charge in [-0.3, -0.25) is 0 Å². The molecule has 27 heavy (non-hydrogen) atoms. The molecule has 0 N–H and O–H groups in total. The zero-order chi connectivity index (χ0) is 19.9. The lowest BCUT2D eigenvalue weighted by atomic mass is 9.98. The van der Waals surface area contributed by atoms with Crippen molar-refractivity contribution < 1.29 is 0 Å². The lowest BCUT2D eigenvalue weighted by Crippen LogP contribution is -2.51. The number of aryl methyl sites for hydroxylation is 1. The summed E-state index contributed by atoms with van der Waals surface area (Å²) in [5, 5.41) is 1.35. The Bertz CT molecular complexity index is 930. The summed E-state index contributed by atoms with van der Waals surface area (Å²) in [5.41, 5.74) is 7.37. The number of rotatable bonds is 5. The number of hydrogen-bond acceptors (Lipinski definition) is 0. The predicted octanol–water partition coefficient (Wildman–Crippen LogP) is 8.40. The molecule has 1 nitrogen and oxygen atoms in total. The van der Waals surface area contributed by atoms with Gasteiger partial charge >= 0.3 is 0 Å². The fraction of sp³-hybridized carbons (Fsp3) is 0.417. The predicted molar refractivity (Wildman–Crippen MR) is 126 cm³/mol. The van der Waals surface area contributed by atoms with Gasteiger partial charge in [-0.2, -0.15) is 0 Å². The number of nitrogens with zero attached hydrogens (tertiary/aromatic N) is 1. The van der Waals surface area contributed by atoms with Crippen LogP contribution >= 0.6 is 15.9 Å². The molecule has 2 aromatic carbocycles. The smallest absolute Gasteiger partial charge is 0.169 e. The maximum absolute atomic E-state index is 3.93. The Morgan fingerprint density at radius 3 is 1.89 bits per heavy atom. The fourth-order valence-electron chi connectivity index (χ4n) is 5.49. The van der Waals surface area contributed by atoms with Gasteiger partial charge in [-0.1, -0.05) is 77.9 Å².